The highest BCUT2D eigenvalue weighted by Crippen LogP contribution is 2.20. The summed E-state index contributed by atoms with van der Waals surface area (Å²) >= 11 is 0. The molecule has 2 heterocycles. The summed E-state index contributed by atoms with van der Waals surface area (Å²) < 4.78 is 5.36. The highest BCUT2D eigenvalue weighted by atomic mass is 16.5. The van der Waals surface area contributed by atoms with E-state index in [2.05, 4.69) is 5.32 Å². The minimum atomic E-state index is -0.112. The number of benzene rings is 1. The fourth-order valence-electron chi connectivity index (χ4n) is 2.72. The van der Waals surface area contributed by atoms with Crippen molar-refractivity contribution in [3.05, 3.63) is 29.8 Å². The third-order valence-electron chi connectivity index (χ3n) is 3.89. The fraction of sp³-hybridized carbons (Fsp3) is 0.467. The average Bonchev–Trinajstić information content (AvgIpc) is 2.93. The van der Waals surface area contributed by atoms with Gasteiger partial charge in [0.25, 0.3) is 5.91 Å². The molecule has 0 aliphatic carbocycles. The van der Waals surface area contributed by atoms with Crippen LogP contribution < -0.4 is 10.2 Å². The van der Waals surface area contributed by atoms with Crippen LogP contribution in [0, 0.1) is 0 Å². The van der Waals surface area contributed by atoms with Crippen LogP contribution in [-0.2, 0) is 4.74 Å². The molecule has 2 aliphatic heterocycles. The van der Waals surface area contributed by atoms with Gasteiger partial charge in [-0.25, -0.2) is 4.79 Å². The van der Waals surface area contributed by atoms with Crippen LogP contribution in [0.3, 0.4) is 0 Å². The maximum atomic E-state index is 12.6. The zero-order chi connectivity index (χ0) is 14.8. The SMILES string of the molecule is C[C@H]1COCCN1C(=O)c1cccc(N2CCNC2=O)c1. The standard InChI is InChI=1S/C15H19N3O3/c1-11-10-21-8-7-17(11)14(19)12-3-2-4-13(9-12)18-6-5-16-15(18)20/h2-4,9,11H,5-8,10H2,1H3,(H,16,20)/t11-/m0/s1. The van der Waals surface area contributed by atoms with Crippen LogP contribution in [-0.4, -0.2) is 55.7 Å². The first-order valence-corrected chi connectivity index (χ1v) is 7.21. The molecule has 3 rings (SSSR count). The zero-order valence-corrected chi connectivity index (χ0v) is 12.0. The molecule has 3 amide bonds. The molecule has 0 aromatic heterocycles. The van der Waals surface area contributed by atoms with Gasteiger partial charge in [-0.1, -0.05) is 6.07 Å². The topological polar surface area (TPSA) is 61.9 Å². The van der Waals surface area contributed by atoms with Crippen LogP contribution in [0.15, 0.2) is 24.3 Å². The van der Waals surface area contributed by atoms with Gasteiger partial charge in [-0.05, 0) is 25.1 Å². The van der Waals surface area contributed by atoms with Crippen LogP contribution in [0.25, 0.3) is 0 Å². The molecular formula is C15H19N3O3. The number of nitrogens with one attached hydrogen (secondary N) is 1. The molecule has 6 heteroatoms. The molecule has 0 spiro atoms. The van der Waals surface area contributed by atoms with Crippen LogP contribution in [0.1, 0.15) is 17.3 Å². The summed E-state index contributed by atoms with van der Waals surface area (Å²) in [7, 11) is 0. The maximum absolute atomic E-state index is 12.6. The van der Waals surface area contributed by atoms with E-state index in [-0.39, 0.29) is 18.0 Å². The van der Waals surface area contributed by atoms with E-state index in [0.717, 1.165) is 5.69 Å². The van der Waals surface area contributed by atoms with Crippen molar-refractivity contribution in [1.29, 1.82) is 0 Å². The molecule has 0 unspecified atom stereocenters. The average molecular weight is 289 g/mol. The molecule has 21 heavy (non-hydrogen) atoms. The van der Waals surface area contributed by atoms with Gasteiger partial charge in [-0.15, -0.1) is 0 Å². The Balaban J connectivity index is 1.82. The van der Waals surface area contributed by atoms with Crippen molar-refractivity contribution in [1.82, 2.24) is 10.2 Å². The molecule has 0 saturated carbocycles. The molecule has 1 aromatic carbocycles. The van der Waals surface area contributed by atoms with E-state index in [9.17, 15) is 9.59 Å². The van der Waals surface area contributed by atoms with Gasteiger partial charge in [-0.3, -0.25) is 9.69 Å². The lowest BCUT2D eigenvalue weighted by Crippen LogP contribution is -2.47. The summed E-state index contributed by atoms with van der Waals surface area (Å²) in [6.45, 7) is 5.00. The number of hydrogen-bond donors (Lipinski definition) is 1. The summed E-state index contributed by atoms with van der Waals surface area (Å²) in [6, 6.07) is 7.21. The van der Waals surface area contributed by atoms with E-state index in [0.29, 0.717) is 38.4 Å². The molecule has 2 aliphatic rings. The van der Waals surface area contributed by atoms with Gasteiger partial charge in [0.15, 0.2) is 0 Å². The first-order chi connectivity index (χ1) is 10.2. The van der Waals surface area contributed by atoms with Crippen molar-refractivity contribution in [2.45, 2.75) is 13.0 Å². The summed E-state index contributed by atoms with van der Waals surface area (Å²) in [5, 5.41) is 2.76. The summed E-state index contributed by atoms with van der Waals surface area (Å²) in [5.74, 6) is -0.00717. The van der Waals surface area contributed by atoms with Gasteiger partial charge in [0.1, 0.15) is 0 Å². The van der Waals surface area contributed by atoms with Gasteiger partial charge in [0.05, 0.1) is 19.3 Å². The van der Waals surface area contributed by atoms with Gasteiger partial charge >= 0.3 is 6.03 Å². The molecule has 112 valence electrons. The molecular weight excluding hydrogens is 270 g/mol. The fourth-order valence-corrected chi connectivity index (χ4v) is 2.72. The lowest BCUT2D eigenvalue weighted by molar-refractivity contribution is 0.00359. The second-order valence-electron chi connectivity index (χ2n) is 5.36. The molecule has 1 aromatic rings. The highest BCUT2D eigenvalue weighted by Gasteiger charge is 2.26. The molecule has 0 radical (unpaired) electrons. The van der Waals surface area contributed by atoms with E-state index >= 15 is 0 Å². The number of ether oxygens (including phenoxy) is 1. The van der Waals surface area contributed by atoms with Gasteiger partial charge in [-0.2, -0.15) is 0 Å². The van der Waals surface area contributed by atoms with Gasteiger partial charge < -0.3 is 15.0 Å². The Morgan fingerprint density at radius 1 is 1.38 bits per heavy atom. The summed E-state index contributed by atoms with van der Waals surface area (Å²) in [6.07, 6.45) is 0. The Morgan fingerprint density at radius 2 is 2.24 bits per heavy atom. The summed E-state index contributed by atoms with van der Waals surface area (Å²) in [5.41, 5.74) is 1.37. The molecule has 2 saturated heterocycles. The van der Waals surface area contributed by atoms with Crippen molar-refractivity contribution >= 4 is 17.6 Å². The van der Waals surface area contributed by atoms with Crippen LogP contribution in [0.5, 0.6) is 0 Å². The Morgan fingerprint density at radius 3 is 2.95 bits per heavy atom. The van der Waals surface area contributed by atoms with Crippen molar-refractivity contribution in [2.75, 3.05) is 37.7 Å². The van der Waals surface area contributed by atoms with Crippen molar-refractivity contribution in [3.8, 4) is 0 Å². The second kappa shape index (κ2) is 5.73. The molecule has 1 atom stereocenters. The minimum absolute atomic E-state index is 0.00717. The molecule has 1 N–H and O–H groups in total. The second-order valence-corrected chi connectivity index (χ2v) is 5.36. The number of carbonyl (C=O) groups is 2. The largest absolute Gasteiger partial charge is 0.377 e. The first-order valence-electron chi connectivity index (χ1n) is 7.21. The number of amides is 3. The van der Waals surface area contributed by atoms with Crippen LogP contribution in [0.4, 0.5) is 10.5 Å². The number of urea groups is 1. The zero-order valence-electron chi connectivity index (χ0n) is 12.0. The third-order valence-corrected chi connectivity index (χ3v) is 3.89. The molecule has 2 fully saturated rings. The lowest BCUT2D eigenvalue weighted by atomic mass is 10.1. The molecule has 6 nitrogen and oxygen atoms in total. The normalized spacial score (nSPS) is 22.3. The van der Waals surface area contributed by atoms with E-state index in [4.69, 9.17) is 4.74 Å². The quantitative estimate of drug-likeness (QED) is 0.886. The first kappa shape index (κ1) is 13.9. The Bertz CT molecular complexity index is 561. The van der Waals surface area contributed by atoms with E-state index in [1.165, 1.54) is 0 Å². The number of anilines is 1. The lowest BCUT2D eigenvalue weighted by Gasteiger charge is -2.33. The number of carbonyl (C=O) groups excluding carboxylic acids is 2. The minimum Gasteiger partial charge on any atom is -0.377 e. The Hall–Kier alpha value is -2.08. The van der Waals surface area contributed by atoms with E-state index in [1.807, 2.05) is 24.0 Å². The van der Waals surface area contributed by atoms with Gasteiger partial charge in [0.2, 0.25) is 0 Å². The smallest absolute Gasteiger partial charge is 0.321 e. The Kier molecular flexibility index (Phi) is 3.79. The predicted molar refractivity (Wildman–Crippen MR) is 78.5 cm³/mol. The Labute approximate surface area is 123 Å². The van der Waals surface area contributed by atoms with Crippen molar-refractivity contribution in [3.63, 3.8) is 0 Å². The number of rotatable bonds is 2. The van der Waals surface area contributed by atoms with E-state index in [1.54, 1.807) is 17.0 Å². The van der Waals surface area contributed by atoms with Crippen LogP contribution in [0.2, 0.25) is 0 Å². The third kappa shape index (κ3) is 2.71. The maximum Gasteiger partial charge on any atom is 0.321 e. The van der Waals surface area contributed by atoms with Crippen molar-refractivity contribution in [2.24, 2.45) is 0 Å². The predicted octanol–water partition coefficient (Wildman–Crippen LogP) is 1.08. The number of hydrogen-bond acceptors (Lipinski definition) is 3. The van der Waals surface area contributed by atoms with Gasteiger partial charge in [0, 0.05) is 30.9 Å². The van der Waals surface area contributed by atoms with Crippen LogP contribution >= 0.6 is 0 Å². The molecule has 0 bridgehead atoms. The van der Waals surface area contributed by atoms with E-state index < -0.39 is 0 Å². The number of nitrogens with zero attached hydrogens (tertiary/aromatic N) is 2. The monoisotopic (exact) mass is 289 g/mol. The summed E-state index contributed by atoms with van der Waals surface area (Å²) in [4.78, 5) is 27.8. The number of morpholine rings is 1. The van der Waals surface area contributed by atoms with Crippen molar-refractivity contribution < 1.29 is 14.3 Å². The highest BCUT2D eigenvalue weighted by molar-refractivity contribution is 5.98.